The number of carbonyl (C=O) groups is 1. The third kappa shape index (κ3) is 3.47. The Hall–Kier alpha value is -1.34. The van der Waals surface area contributed by atoms with E-state index in [0.29, 0.717) is 18.2 Å². The Balaban J connectivity index is 1.66. The highest BCUT2D eigenvalue weighted by Crippen LogP contribution is 2.22. The number of nitrogens with two attached hydrogens (primary N) is 1. The van der Waals surface area contributed by atoms with Crippen LogP contribution in [0.5, 0.6) is 0 Å². The normalized spacial score (nSPS) is 23.4. The third-order valence-corrected chi connectivity index (χ3v) is 4.99. The zero-order chi connectivity index (χ0) is 14.7. The lowest BCUT2D eigenvalue weighted by atomic mass is 10.2. The van der Waals surface area contributed by atoms with Crippen LogP contribution in [-0.4, -0.2) is 62.9 Å². The summed E-state index contributed by atoms with van der Waals surface area (Å²) in [4.78, 5) is 25.4. The second kappa shape index (κ2) is 6.62. The van der Waals surface area contributed by atoms with Crippen LogP contribution in [0, 0.1) is 0 Å². The lowest BCUT2D eigenvalue weighted by Gasteiger charge is -2.32. The van der Waals surface area contributed by atoms with Crippen molar-refractivity contribution in [3.63, 3.8) is 0 Å². The lowest BCUT2D eigenvalue weighted by molar-refractivity contribution is -0.135. The number of amides is 1. The van der Waals surface area contributed by atoms with E-state index in [4.69, 9.17) is 5.73 Å². The van der Waals surface area contributed by atoms with Crippen LogP contribution in [0.1, 0.15) is 18.7 Å². The van der Waals surface area contributed by atoms with Crippen molar-refractivity contribution in [2.45, 2.75) is 25.4 Å². The molecule has 2 fully saturated rings. The van der Waals surface area contributed by atoms with Gasteiger partial charge in [0.05, 0.1) is 12.6 Å². The van der Waals surface area contributed by atoms with Gasteiger partial charge in [0.25, 0.3) is 0 Å². The first-order chi connectivity index (χ1) is 10.2. The summed E-state index contributed by atoms with van der Waals surface area (Å²) in [6.07, 6.45) is 3.67. The summed E-state index contributed by atoms with van der Waals surface area (Å²) in [6, 6.07) is 1.67. The van der Waals surface area contributed by atoms with E-state index >= 15 is 0 Å². The Kier molecular flexibility index (Phi) is 4.60. The number of carbonyl (C=O) groups excluding carboxylic acids is 1. The fraction of sp³-hybridized carbons (Fsp3) is 0.643. The van der Waals surface area contributed by atoms with Crippen LogP contribution in [-0.2, 0) is 11.3 Å². The standard InChI is InChI=1S/C14H21N5OS/c15-12-3-4-16-13(17-12)10-19-5-1-2-11(19)14(20)18-6-8-21-9-7-18/h3-4,11H,1-2,5-10H2,(H2,15,16,17). The molecule has 0 aliphatic carbocycles. The SMILES string of the molecule is Nc1ccnc(CN2CCCC2C(=O)N2CCSCC2)n1. The van der Waals surface area contributed by atoms with Crippen molar-refractivity contribution in [3.05, 3.63) is 18.1 Å². The van der Waals surface area contributed by atoms with Crippen LogP contribution in [0.15, 0.2) is 12.3 Å². The second-order valence-corrected chi connectivity index (χ2v) is 6.69. The molecule has 1 atom stereocenters. The van der Waals surface area contributed by atoms with Gasteiger partial charge in [0.2, 0.25) is 5.91 Å². The quantitative estimate of drug-likeness (QED) is 0.881. The van der Waals surface area contributed by atoms with Crippen molar-refractivity contribution >= 4 is 23.5 Å². The molecule has 6 nitrogen and oxygen atoms in total. The van der Waals surface area contributed by atoms with Crippen LogP contribution in [0.3, 0.4) is 0 Å². The molecule has 1 unspecified atom stereocenters. The second-order valence-electron chi connectivity index (χ2n) is 5.46. The number of likely N-dealkylation sites (tertiary alicyclic amines) is 1. The summed E-state index contributed by atoms with van der Waals surface area (Å²) in [5, 5.41) is 0. The van der Waals surface area contributed by atoms with E-state index in [1.54, 1.807) is 12.3 Å². The Morgan fingerprint density at radius 3 is 2.95 bits per heavy atom. The molecular weight excluding hydrogens is 286 g/mol. The molecule has 0 spiro atoms. The fourth-order valence-electron chi connectivity index (χ4n) is 2.96. The van der Waals surface area contributed by atoms with Gasteiger partial charge in [-0.3, -0.25) is 9.69 Å². The minimum atomic E-state index is -0.0156. The number of rotatable bonds is 3. The van der Waals surface area contributed by atoms with Crippen LogP contribution in [0.25, 0.3) is 0 Å². The van der Waals surface area contributed by atoms with Crippen molar-refractivity contribution in [1.29, 1.82) is 0 Å². The fourth-order valence-corrected chi connectivity index (χ4v) is 3.87. The molecule has 0 aromatic carbocycles. The molecule has 2 N–H and O–H groups in total. The van der Waals surface area contributed by atoms with Crippen molar-refractivity contribution < 1.29 is 4.79 Å². The van der Waals surface area contributed by atoms with E-state index in [1.165, 1.54) is 0 Å². The number of nitrogen functional groups attached to an aromatic ring is 1. The van der Waals surface area contributed by atoms with Gasteiger partial charge in [0, 0.05) is 30.8 Å². The molecule has 1 aromatic rings. The van der Waals surface area contributed by atoms with E-state index in [-0.39, 0.29) is 11.9 Å². The van der Waals surface area contributed by atoms with Gasteiger partial charge in [-0.2, -0.15) is 11.8 Å². The number of anilines is 1. The summed E-state index contributed by atoms with van der Waals surface area (Å²) in [5.74, 6) is 3.56. The van der Waals surface area contributed by atoms with Crippen molar-refractivity contribution in [2.75, 3.05) is 36.9 Å². The van der Waals surface area contributed by atoms with Crippen LogP contribution in [0.2, 0.25) is 0 Å². The Labute approximate surface area is 129 Å². The van der Waals surface area contributed by atoms with E-state index in [1.807, 2.05) is 16.7 Å². The van der Waals surface area contributed by atoms with Gasteiger partial charge < -0.3 is 10.6 Å². The maximum Gasteiger partial charge on any atom is 0.239 e. The molecule has 7 heteroatoms. The van der Waals surface area contributed by atoms with Gasteiger partial charge >= 0.3 is 0 Å². The summed E-state index contributed by atoms with van der Waals surface area (Å²) >= 11 is 1.92. The number of aromatic nitrogens is 2. The van der Waals surface area contributed by atoms with Gasteiger partial charge in [-0.15, -0.1) is 0 Å². The molecule has 1 amide bonds. The molecule has 114 valence electrons. The number of nitrogens with zero attached hydrogens (tertiary/aromatic N) is 4. The highest BCUT2D eigenvalue weighted by atomic mass is 32.2. The van der Waals surface area contributed by atoms with E-state index in [2.05, 4.69) is 14.9 Å². The number of hydrogen-bond donors (Lipinski definition) is 1. The highest BCUT2D eigenvalue weighted by molar-refractivity contribution is 7.99. The molecular formula is C14H21N5OS. The molecule has 1 aromatic heterocycles. The molecule has 3 rings (SSSR count). The highest BCUT2D eigenvalue weighted by Gasteiger charge is 2.34. The Morgan fingerprint density at radius 2 is 2.19 bits per heavy atom. The summed E-state index contributed by atoms with van der Waals surface area (Å²) in [5.41, 5.74) is 5.70. The number of thioether (sulfide) groups is 1. The van der Waals surface area contributed by atoms with Crippen LogP contribution in [0.4, 0.5) is 5.82 Å². The smallest absolute Gasteiger partial charge is 0.239 e. The minimum Gasteiger partial charge on any atom is -0.384 e. The van der Waals surface area contributed by atoms with Crippen molar-refractivity contribution in [2.24, 2.45) is 0 Å². The molecule has 0 bridgehead atoms. The summed E-state index contributed by atoms with van der Waals surface area (Å²) < 4.78 is 0. The Bertz CT molecular complexity index is 506. The van der Waals surface area contributed by atoms with E-state index in [0.717, 1.165) is 44.0 Å². The maximum atomic E-state index is 12.7. The van der Waals surface area contributed by atoms with Gasteiger partial charge in [-0.05, 0) is 25.5 Å². The average molecular weight is 307 g/mol. The van der Waals surface area contributed by atoms with E-state index < -0.39 is 0 Å². The third-order valence-electron chi connectivity index (χ3n) is 4.04. The monoisotopic (exact) mass is 307 g/mol. The molecule has 0 radical (unpaired) electrons. The van der Waals surface area contributed by atoms with Gasteiger partial charge in [-0.25, -0.2) is 9.97 Å². The average Bonchev–Trinajstić information content (AvgIpc) is 2.95. The first kappa shape index (κ1) is 14.6. The van der Waals surface area contributed by atoms with Crippen LogP contribution >= 0.6 is 11.8 Å². The van der Waals surface area contributed by atoms with Crippen molar-refractivity contribution in [3.8, 4) is 0 Å². The molecule has 0 saturated carbocycles. The van der Waals surface area contributed by atoms with Gasteiger partial charge in [-0.1, -0.05) is 0 Å². The maximum absolute atomic E-state index is 12.7. The predicted octanol–water partition coefficient (Wildman–Crippen LogP) is 0.599. The Morgan fingerprint density at radius 1 is 1.38 bits per heavy atom. The first-order valence-corrected chi connectivity index (χ1v) is 8.57. The van der Waals surface area contributed by atoms with Crippen molar-refractivity contribution in [1.82, 2.24) is 19.8 Å². The first-order valence-electron chi connectivity index (χ1n) is 7.42. The summed E-state index contributed by atoms with van der Waals surface area (Å²) in [7, 11) is 0. The zero-order valence-corrected chi connectivity index (χ0v) is 12.9. The molecule has 2 saturated heterocycles. The van der Waals surface area contributed by atoms with Gasteiger partial charge in [0.1, 0.15) is 11.6 Å². The molecule has 2 aliphatic heterocycles. The number of hydrogen-bond acceptors (Lipinski definition) is 6. The van der Waals surface area contributed by atoms with E-state index in [9.17, 15) is 4.79 Å². The van der Waals surface area contributed by atoms with Crippen LogP contribution < -0.4 is 5.73 Å². The predicted molar refractivity (Wildman–Crippen MR) is 83.8 cm³/mol. The minimum absolute atomic E-state index is 0.0156. The zero-order valence-electron chi connectivity index (χ0n) is 12.1. The topological polar surface area (TPSA) is 75.3 Å². The summed E-state index contributed by atoms with van der Waals surface area (Å²) in [6.45, 7) is 3.28. The molecule has 21 heavy (non-hydrogen) atoms. The molecule has 2 aliphatic rings. The largest absolute Gasteiger partial charge is 0.384 e. The lowest BCUT2D eigenvalue weighted by Crippen LogP contribution is -2.48. The molecule has 3 heterocycles. The van der Waals surface area contributed by atoms with Gasteiger partial charge in [0.15, 0.2) is 0 Å².